The highest BCUT2D eigenvalue weighted by Crippen LogP contribution is 2.41. The molecule has 1 saturated carbocycles. The number of methoxy groups -OCH3 is 1. The van der Waals surface area contributed by atoms with E-state index in [1.165, 1.54) is 19.2 Å². The molecule has 6 heteroatoms. The summed E-state index contributed by atoms with van der Waals surface area (Å²) in [6, 6.07) is 0.405. The predicted octanol–water partition coefficient (Wildman–Crippen LogP) is 2.59. The fourth-order valence-electron chi connectivity index (χ4n) is 2.56. The quantitative estimate of drug-likeness (QED) is 0.790. The first-order chi connectivity index (χ1) is 9.26. The van der Waals surface area contributed by atoms with Crippen LogP contribution in [0, 0.1) is 5.92 Å². The molecule has 2 heterocycles. The molecule has 0 saturated heterocycles. The van der Waals surface area contributed by atoms with Gasteiger partial charge in [0.05, 0.1) is 7.11 Å². The smallest absolute Gasteiger partial charge is 0.245 e. The Balaban J connectivity index is 2.17. The molecule has 1 unspecified atom stereocenters. The third-order valence-electron chi connectivity index (χ3n) is 3.74. The van der Waals surface area contributed by atoms with Gasteiger partial charge >= 0.3 is 0 Å². The maximum atomic E-state index is 5.89. The van der Waals surface area contributed by atoms with E-state index in [4.69, 9.17) is 16.3 Å². The highest BCUT2D eigenvalue weighted by Gasteiger charge is 2.32. The summed E-state index contributed by atoms with van der Waals surface area (Å²) in [5.41, 5.74) is 1.59. The van der Waals surface area contributed by atoms with Gasteiger partial charge in [-0.3, -0.25) is 0 Å². The van der Waals surface area contributed by atoms with Crippen LogP contribution in [0.25, 0.3) is 11.2 Å². The fourth-order valence-corrected chi connectivity index (χ4v) is 2.73. The summed E-state index contributed by atoms with van der Waals surface area (Å²) in [6.07, 6.45) is 4.83. The molecule has 2 aromatic rings. The Morgan fingerprint density at radius 1 is 1.47 bits per heavy atom. The number of aromatic nitrogens is 4. The molecule has 19 heavy (non-hydrogen) atoms. The molecule has 3 rings (SSSR count). The molecule has 5 nitrogen and oxygen atoms in total. The molecule has 0 aliphatic heterocycles. The van der Waals surface area contributed by atoms with Crippen molar-refractivity contribution < 1.29 is 4.74 Å². The van der Waals surface area contributed by atoms with Crippen LogP contribution < -0.4 is 4.74 Å². The van der Waals surface area contributed by atoms with Crippen LogP contribution in [0.5, 0.6) is 5.88 Å². The Hall–Kier alpha value is -1.36. The number of ether oxygens (including phenoxy) is 1. The van der Waals surface area contributed by atoms with E-state index >= 15 is 0 Å². The molecule has 0 radical (unpaired) electrons. The number of fused-ring (bicyclic) bond motifs is 1. The zero-order valence-electron chi connectivity index (χ0n) is 11.1. The van der Waals surface area contributed by atoms with Gasteiger partial charge < -0.3 is 9.30 Å². The van der Waals surface area contributed by atoms with E-state index < -0.39 is 0 Å². The van der Waals surface area contributed by atoms with Crippen molar-refractivity contribution in [1.82, 2.24) is 19.5 Å². The van der Waals surface area contributed by atoms with Crippen molar-refractivity contribution in [2.45, 2.75) is 32.2 Å². The number of hydrogen-bond donors (Lipinski definition) is 0. The topological polar surface area (TPSA) is 52.8 Å². The molecule has 1 aliphatic carbocycles. The lowest BCUT2D eigenvalue weighted by Crippen LogP contribution is -2.12. The maximum absolute atomic E-state index is 5.89. The lowest BCUT2D eigenvalue weighted by atomic mass is 10.2. The number of imidazole rings is 1. The van der Waals surface area contributed by atoms with Gasteiger partial charge in [-0.2, -0.15) is 4.98 Å². The summed E-state index contributed by atoms with van der Waals surface area (Å²) >= 11 is 5.89. The van der Waals surface area contributed by atoms with Crippen molar-refractivity contribution in [1.29, 1.82) is 0 Å². The summed E-state index contributed by atoms with van der Waals surface area (Å²) < 4.78 is 7.48. The molecule has 0 bridgehead atoms. The van der Waals surface area contributed by atoms with Gasteiger partial charge in [0.15, 0.2) is 11.2 Å². The highest BCUT2D eigenvalue weighted by atomic mass is 35.5. The molecule has 1 atom stereocenters. The summed E-state index contributed by atoms with van der Waals surface area (Å²) in [5.74, 6) is 2.79. The molecular weight excluding hydrogens is 264 g/mol. The van der Waals surface area contributed by atoms with Crippen LogP contribution in [0.3, 0.4) is 0 Å². The van der Waals surface area contributed by atoms with Gasteiger partial charge in [-0.05, 0) is 25.7 Å². The van der Waals surface area contributed by atoms with Gasteiger partial charge in [0.1, 0.15) is 12.2 Å². The van der Waals surface area contributed by atoms with Crippen LogP contribution in [0.15, 0.2) is 6.33 Å². The molecule has 1 aliphatic rings. The summed E-state index contributed by atoms with van der Waals surface area (Å²) in [7, 11) is 1.60. The van der Waals surface area contributed by atoms with Crippen LogP contribution in [0.2, 0.25) is 0 Å². The summed E-state index contributed by atoms with van der Waals surface area (Å²) in [4.78, 5) is 13.1. The average molecular weight is 281 g/mol. The van der Waals surface area contributed by atoms with E-state index in [1.807, 2.05) is 0 Å². The number of nitrogens with zero attached hydrogens (tertiary/aromatic N) is 4. The lowest BCUT2D eigenvalue weighted by molar-refractivity contribution is 0.401. The van der Waals surface area contributed by atoms with Crippen molar-refractivity contribution in [3.63, 3.8) is 0 Å². The lowest BCUT2D eigenvalue weighted by Gasteiger charge is -2.15. The van der Waals surface area contributed by atoms with Crippen LogP contribution >= 0.6 is 11.6 Å². The van der Waals surface area contributed by atoms with Gasteiger partial charge in [-0.25, -0.2) is 9.97 Å². The first-order valence-corrected chi connectivity index (χ1v) is 7.11. The first-order valence-electron chi connectivity index (χ1n) is 6.58. The Labute approximate surface area is 117 Å². The van der Waals surface area contributed by atoms with Crippen molar-refractivity contribution in [2.24, 2.45) is 5.92 Å². The molecule has 2 aromatic heterocycles. The van der Waals surface area contributed by atoms with Gasteiger partial charge in [-0.1, -0.05) is 0 Å². The number of rotatable bonds is 5. The minimum absolute atomic E-state index is 0.405. The van der Waals surface area contributed by atoms with Crippen LogP contribution in [-0.4, -0.2) is 32.5 Å². The van der Waals surface area contributed by atoms with Gasteiger partial charge in [-0.15, -0.1) is 11.6 Å². The number of hydrogen-bond acceptors (Lipinski definition) is 4. The second kappa shape index (κ2) is 4.96. The molecule has 0 N–H and O–H groups in total. The SMILES string of the molecule is COc1ncnc2c1nc(CCCl)n2C(C)C1CC1. The zero-order valence-corrected chi connectivity index (χ0v) is 11.9. The van der Waals surface area contributed by atoms with Crippen molar-refractivity contribution in [2.75, 3.05) is 13.0 Å². The minimum Gasteiger partial charge on any atom is -0.479 e. The highest BCUT2D eigenvalue weighted by molar-refractivity contribution is 6.17. The average Bonchev–Trinajstić information content (AvgIpc) is 3.19. The monoisotopic (exact) mass is 280 g/mol. The second-order valence-corrected chi connectivity index (χ2v) is 5.35. The van der Waals surface area contributed by atoms with Crippen molar-refractivity contribution >= 4 is 22.8 Å². The molecule has 102 valence electrons. The third-order valence-corrected chi connectivity index (χ3v) is 3.93. The Morgan fingerprint density at radius 2 is 2.26 bits per heavy atom. The van der Waals surface area contributed by atoms with Gasteiger partial charge in [0.2, 0.25) is 5.88 Å². The van der Waals surface area contributed by atoms with Crippen LogP contribution in [0.4, 0.5) is 0 Å². The third kappa shape index (κ3) is 2.16. The molecule has 0 amide bonds. The number of alkyl halides is 1. The Bertz CT molecular complexity index is 594. The van der Waals surface area contributed by atoms with E-state index in [-0.39, 0.29) is 0 Å². The van der Waals surface area contributed by atoms with Gasteiger partial charge in [0, 0.05) is 18.3 Å². The molecular formula is C13H17ClN4O. The van der Waals surface area contributed by atoms with Crippen molar-refractivity contribution in [3.8, 4) is 5.88 Å². The van der Waals surface area contributed by atoms with Gasteiger partial charge in [0.25, 0.3) is 0 Å². The molecule has 0 aromatic carbocycles. The second-order valence-electron chi connectivity index (χ2n) is 4.97. The predicted molar refractivity (Wildman–Crippen MR) is 73.7 cm³/mol. The summed E-state index contributed by atoms with van der Waals surface area (Å²) in [5, 5.41) is 0. The molecule has 0 spiro atoms. The Kier molecular flexibility index (Phi) is 3.31. The normalized spacial score (nSPS) is 16.8. The van der Waals surface area contributed by atoms with E-state index in [0.29, 0.717) is 17.8 Å². The minimum atomic E-state index is 0.405. The van der Waals surface area contributed by atoms with E-state index in [2.05, 4.69) is 26.4 Å². The standard InChI is InChI=1S/C13H17ClN4O/c1-8(9-3-4-9)18-10(5-6-14)17-11-12(18)15-7-16-13(11)19-2/h7-9H,3-6H2,1-2H3. The van der Waals surface area contributed by atoms with Crippen LogP contribution in [0.1, 0.15) is 31.6 Å². The first kappa shape index (κ1) is 12.7. The number of aryl methyl sites for hydroxylation is 1. The summed E-state index contributed by atoms with van der Waals surface area (Å²) in [6.45, 7) is 2.23. The van der Waals surface area contributed by atoms with E-state index in [1.54, 1.807) is 7.11 Å². The molecule has 1 fully saturated rings. The maximum Gasteiger partial charge on any atom is 0.245 e. The van der Waals surface area contributed by atoms with E-state index in [0.717, 1.165) is 29.3 Å². The van der Waals surface area contributed by atoms with E-state index in [9.17, 15) is 0 Å². The fraction of sp³-hybridized carbons (Fsp3) is 0.615. The van der Waals surface area contributed by atoms with Crippen LogP contribution in [-0.2, 0) is 6.42 Å². The zero-order chi connectivity index (χ0) is 13.4. The largest absolute Gasteiger partial charge is 0.479 e. The number of halogens is 1. The van der Waals surface area contributed by atoms with Crippen molar-refractivity contribution in [3.05, 3.63) is 12.2 Å². The Morgan fingerprint density at radius 3 is 2.89 bits per heavy atom.